The highest BCUT2D eigenvalue weighted by Gasteiger charge is 2.32. The zero-order valence-electron chi connectivity index (χ0n) is 19.7. The predicted molar refractivity (Wildman–Crippen MR) is 139 cm³/mol. The lowest BCUT2D eigenvalue weighted by Gasteiger charge is -2.36. The van der Waals surface area contributed by atoms with Crippen LogP contribution in [0.3, 0.4) is 0 Å². The van der Waals surface area contributed by atoms with Crippen molar-refractivity contribution in [3.8, 4) is 0 Å². The van der Waals surface area contributed by atoms with Gasteiger partial charge in [0.05, 0.1) is 23.7 Å². The molecule has 11 heteroatoms. The molecule has 0 amide bonds. The highest BCUT2D eigenvalue weighted by atomic mass is 32.2. The molecule has 9 nitrogen and oxygen atoms in total. The summed E-state index contributed by atoms with van der Waals surface area (Å²) in [5, 5.41) is 16.8. The molecule has 0 aliphatic carbocycles. The van der Waals surface area contributed by atoms with Gasteiger partial charge < -0.3 is 14.6 Å². The summed E-state index contributed by atoms with van der Waals surface area (Å²) in [5.74, 6) is 0.626. The van der Waals surface area contributed by atoms with Crippen LogP contribution in [0.4, 0.5) is 5.69 Å². The first kappa shape index (κ1) is 25.4. The maximum atomic E-state index is 12.8. The summed E-state index contributed by atoms with van der Waals surface area (Å²) >= 11 is 1.51. The Hall–Kier alpha value is -3.22. The molecule has 1 fully saturated rings. The fourth-order valence-electron chi connectivity index (χ4n) is 4.02. The molecule has 3 N–H and O–H groups in total. The van der Waals surface area contributed by atoms with E-state index >= 15 is 0 Å². The Kier molecular flexibility index (Phi) is 7.87. The van der Waals surface area contributed by atoms with Crippen LogP contribution in [0.2, 0.25) is 0 Å². The largest absolute Gasteiger partial charge is 0.392 e. The molecule has 1 aromatic heterocycles. The first-order valence-electron chi connectivity index (χ1n) is 11.7. The van der Waals surface area contributed by atoms with Crippen molar-refractivity contribution in [2.24, 2.45) is 0 Å². The fourth-order valence-corrected chi connectivity index (χ4v) is 5.89. The number of H-pyrrole nitrogens is 1. The number of benzene rings is 3. The number of ether oxygens (including phenoxy) is 2. The van der Waals surface area contributed by atoms with E-state index in [2.05, 4.69) is 19.9 Å². The van der Waals surface area contributed by atoms with Crippen molar-refractivity contribution >= 4 is 27.5 Å². The summed E-state index contributed by atoms with van der Waals surface area (Å²) in [6, 6.07) is 22.9. The van der Waals surface area contributed by atoms with Crippen LogP contribution in [0.5, 0.6) is 0 Å². The second-order valence-electron chi connectivity index (χ2n) is 8.50. The lowest BCUT2D eigenvalue weighted by molar-refractivity contribution is -0.245. The normalized spacial score (nSPS) is 20.0. The van der Waals surface area contributed by atoms with Gasteiger partial charge in [-0.05, 0) is 35.4 Å². The van der Waals surface area contributed by atoms with E-state index in [0.717, 1.165) is 11.1 Å². The third kappa shape index (κ3) is 6.38. The van der Waals surface area contributed by atoms with Crippen LogP contribution in [-0.2, 0) is 26.1 Å². The number of thioether (sulfide) groups is 1. The SMILES string of the molecule is O=S(=O)(Nc1cccc([C@H]2O[C@@H](CSc3ncn[nH]3)C[C@@H](c3ccc(CO)cc3)O2)c1)c1ccccc1. The maximum Gasteiger partial charge on any atom is 0.261 e. The zero-order chi connectivity index (χ0) is 25.7. The molecule has 192 valence electrons. The number of anilines is 1. The molecule has 37 heavy (non-hydrogen) atoms. The number of aliphatic hydroxyl groups excluding tert-OH is 1. The first-order valence-corrected chi connectivity index (χ1v) is 14.1. The van der Waals surface area contributed by atoms with Gasteiger partial charge in [0.25, 0.3) is 10.0 Å². The Labute approximate surface area is 219 Å². The summed E-state index contributed by atoms with van der Waals surface area (Å²) in [6.45, 7) is -0.0281. The minimum atomic E-state index is -3.74. The van der Waals surface area contributed by atoms with Crippen LogP contribution in [0.1, 0.15) is 35.5 Å². The molecule has 0 radical (unpaired) electrons. The van der Waals surface area contributed by atoms with Gasteiger partial charge in [0, 0.05) is 23.4 Å². The fraction of sp³-hybridized carbons (Fsp3) is 0.231. The Balaban J connectivity index is 1.37. The van der Waals surface area contributed by atoms with E-state index in [-0.39, 0.29) is 23.7 Å². The van der Waals surface area contributed by atoms with Crippen molar-refractivity contribution in [2.75, 3.05) is 10.5 Å². The molecular formula is C26H26N4O5S2. The van der Waals surface area contributed by atoms with Gasteiger partial charge in [0.2, 0.25) is 0 Å². The number of sulfonamides is 1. The van der Waals surface area contributed by atoms with Crippen molar-refractivity contribution in [2.45, 2.75) is 41.6 Å². The van der Waals surface area contributed by atoms with Gasteiger partial charge in [0.1, 0.15) is 6.33 Å². The van der Waals surface area contributed by atoms with Crippen LogP contribution in [-0.4, -0.2) is 40.6 Å². The Morgan fingerprint density at radius 3 is 2.54 bits per heavy atom. The second kappa shape index (κ2) is 11.4. The van der Waals surface area contributed by atoms with E-state index in [0.29, 0.717) is 28.6 Å². The first-order chi connectivity index (χ1) is 18.0. The van der Waals surface area contributed by atoms with Crippen molar-refractivity contribution in [1.82, 2.24) is 15.2 Å². The molecule has 0 unspecified atom stereocenters. The van der Waals surface area contributed by atoms with Gasteiger partial charge in [-0.3, -0.25) is 9.82 Å². The number of hydrogen-bond acceptors (Lipinski definition) is 8. The van der Waals surface area contributed by atoms with E-state index in [1.165, 1.54) is 18.1 Å². The zero-order valence-corrected chi connectivity index (χ0v) is 21.4. The number of aromatic nitrogens is 3. The van der Waals surface area contributed by atoms with E-state index in [1.807, 2.05) is 30.3 Å². The number of nitrogens with one attached hydrogen (secondary N) is 2. The molecule has 1 aliphatic heterocycles. The Morgan fingerprint density at radius 2 is 1.81 bits per heavy atom. The third-order valence-electron chi connectivity index (χ3n) is 5.88. The van der Waals surface area contributed by atoms with Gasteiger partial charge in [-0.15, -0.1) is 0 Å². The Bertz CT molecular complexity index is 1400. The van der Waals surface area contributed by atoms with Gasteiger partial charge >= 0.3 is 0 Å². The number of hydrogen-bond donors (Lipinski definition) is 3. The minimum absolute atomic E-state index is 0.0281. The molecular weight excluding hydrogens is 512 g/mol. The van der Waals surface area contributed by atoms with Crippen LogP contribution in [0.15, 0.2) is 95.2 Å². The van der Waals surface area contributed by atoms with Crippen LogP contribution < -0.4 is 4.72 Å². The third-order valence-corrected chi connectivity index (χ3v) is 8.28. The quantitative estimate of drug-likeness (QED) is 0.267. The molecule has 3 atom stereocenters. The molecule has 5 rings (SSSR count). The topological polar surface area (TPSA) is 126 Å². The van der Waals surface area contributed by atoms with Crippen LogP contribution in [0.25, 0.3) is 0 Å². The molecule has 0 bridgehead atoms. The molecule has 1 aliphatic rings. The van der Waals surface area contributed by atoms with E-state index in [4.69, 9.17) is 9.47 Å². The molecule has 0 saturated carbocycles. The molecule has 0 spiro atoms. The smallest absolute Gasteiger partial charge is 0.261 e. The van der Waals surface area contributed by atoms with E-state index in [1.54, 1.807) is 48.5 Å². The highest BCUT2D eigenvalue weighted by Crippen LogP contribution is 2.39. The summed E-state index contributed by atoms with van der Waals surface area (Å²) < 4.78 is 41.0. The van der Waals surface area contributed by atoms with Crippen LogP contribution >= 0.6 is 11.8 Å². The number of aliphatic hydroxyl groups is 1. The summed E-state index contributed by atoms with van der Waals surface area (Å²) in [5.41, 5.74) is 2.90. The van der Waals surface area contributed by atoms with Gasteiger partial charge in [-0.25, -0.2) is 13.4 Å². The lowest BCUT2D eigenvalue weighted by atomic mass is 10.0. The predicted octanol–water partition coefficient (Wildman–Crippen LogP) is 4.44. The maximum absolute atomic E-state index is 12.8. The minimum Gasteiger partial charge on any atom is -0.392 e. The van der Waals surface area contributed by atoms with Crippen molar-refractivity contribution in [1.29, 1.82) is 0 Å². The average Bonchev–Trinajstić information content (AvgIpc) is 3.46. The van der Waals surface area contributed by atoms with Crippen molar-refractivity contribution in [3.05, 3.63) is 102 Å². The summed E-state index contributed by atoms with van der Waals surface area (Å²) in [6.07, 6.45) is 0.954. The molecule has 2 heterocycles. The molecule has 3 aromatic carbocycles. The highest BCUT2D eigenvalue weighted by molar-refractivity contribution is 7.99. The van der Waals surface area contributed by atoms with Gasteiger partial charge in [-0.2, -0.15) is 5.10 Å². The molecule has 4 aromatic rings. The van der Waals surface area contributed by atoms with Crippen molar-refractivity contribution < 1.29 is 23.0 Å². The lowest BCUT2D eigenvalue weighted by Crippen LogP contribution is -2.31. The van der Waals surface area contributed by atoms with Crippen molar-refractivity contribution in [3.63, 3.8) is 0 Å². The van der Waals surface area contributed by atoms with E-state index in [9.17, 15) is 13.5 Å². The summed E-state index contributed by atoms with van der Waals surface area (Å²) in [7, 11) is -3.74. The molecule has 1 saturated heterocycles. The number of nitrogens with zero attached hydrogens (tertiary/aromatic N) is 2. The monoisotopic (exact) mass is 538 g/mol. The number of rotatable bonds is 9. The second-order valence-corrected chi connectivity index (χ2v) is 11.2. The van der Waals surface area contributed by atoms with Gasteiger partial charge in [0.15, 0.2) is 11.4 Å². The van der Waals surface area contributed by atoms with Gasteiger partial charge in [-0.1, -0.05) is 66.4 Å². The van der Waals surface area contributed by atoms with Crippen LogP contribution in [0, 0.1) is 0 Å². The van der Waals surface area contributed by atoms with E-state index < -0.39 is 16.3 Å². The Morgan fingerprint density at radius 1 is 1.00 bits per heavy atom. The number of aromatic amines is 1. The average molecular weight is 539 g/mol. The summed E-state index contributed by atoms with van der Waals surface area (Å²) in [4.78, 5) is 4.35. The standard InChI is InChI=1S/C26H26N4O5S2/c31-15-18-9-11-19(12-10-18)24-14-22(16-36-26-27-17-28-29-26)34-25(35-24)20-5-4-6-21(13-20)30-37(32,33)23-7-2-1-3-8-23/h1-13,17,22,24-25,30-31H,14-16H2,(H,27,28,29)/t22-,24+,25+/m1/s1.